The molecule has 1 saturated heterocycles. The van der Waals surface area contributed by atoms with Gasteiger partial charge in [0.25, 0.3) is 0 Å². The van der Waals surface area contributed by atoms with Crippen molar-refractivity contribution < 1.29 is 9.59 Å². The Bertz CT molecular complexity index is 526. The zero-order chi connectivity index (χ0) is 14.1. The van der Waals surface area contributed by atoms with E-state index in [0.717, 1.165) is 30.6 Å². The Balaban J connectivity index is 1.70. The Morgan fingerprint density at radius 2 is 2.00 bits per heavy atom. The maximum Gasteiger partial charge on any atom is 0.243 e. The number of hydrogen-bond acceptors (Lipinski definition) is 5. The van der Waals surface area contributed by atoms with Crippen LogP contribution in [0.25, 0.3) is 0 Å². The first-order valence-corrected chi connectivity index (χ1v) is 7.77. The molecule has 0 radical (unpaired) electrons. The normalized spacial score (nSPS) is 23.8. The van der Waals surface area contributed by atoms with Gasteiger partial charge in [-0.2, -0.15) is 0 Å². The highest BCUT2D eigenvalue weighted by molar-refractivity contribution is 8.00. The molecule has 1 aromatic rings. The van der Waals surface area contributed by atoms with E-state index in [1.807, 2.05) is 6.07 Å². The second-order valence-electron chi connectivity index (χ2n) is 5.27. The van der Waals surface area contributed by atoms with Crippen molar-refractivity contribution in [1.29, 1.82) is 0 Å². The third kappa shape index (κ3) is 2.52. The zero-order valence-corrected chi connectivity index (χ0v) is 11.9. The van der Waals surface area contributed by atoms with Crippen LogP contribution < -0.4 is 5.73 Å². The Morgan fingerprint density at radius 1 is 1.25 bits per heavy atom. The standard InChI is InChI=1S/C14H17N3O2S/c15-12-6-5-10(8-16-12)20-11-7-13(18)17(14(11)19)9-3-1-2-4-9/h5-6,8-9,11H,1-4,7H2,(H2,15,16). The summed E-state index contributed by atoms with van der Waals surface area (Å²) in [6.07, 6.45) is 6.08. The number of carbonyl (C=O) groups is 2. The zero-order valence-electron chi connectivity index (χ0n) is 11.1. The summed E-state index contributed by atoms with van der Waals surface area (Å²) < 4.78 is 0. The van der Waals surface area contributed by atoms with Crippen LogP contribution in [0.1, 0.15) is 32.1 Å². The van der Waals surface area contributed by atoms with Crippen molar-refractivity contribution in [2.45, 2.75) is 48.3 Å². The molecule has 2 N–H and O–H groups in total. The lowest BCUT2D eigenvalue weighted by molar-refractivity contribution is -0.140. The molecule has 0 bridgehead atoms. The number of hydrogen-bond donors (Lipinski definition) is 1. The quantitative estimate of drug-likeness (QED) is 0.860. The minimum Gasteiger partial charge on any atom is -0.384 e. The predicted molar refractivity (Wildman–Crippen MR) is 77.0 cm³/mol. The maximum atomic E-state index is 12.4. The van der Waals surface area contributed by atoms with Gasteiger partial charge in [-0.1, -0.05) is 12.8 Å². The van der Waals surface area contributed by atoms with Gasteiger partial charge >= 0.3 is 0 Å². The molecule has 1 aromatic heterocycles. The van der Waals surface area contributed by atoms with Crippen LogP contribution in [0.5, 0.6) is 0 Å². The van der Waals surface area contributed by atoms with Crippen LogP contribution in [0.15, 0.2) is 23.2 Å². The summed E-state index contributed by atoms with van der Waals surface area (Å²) in [5, 5.41) is -0.312. The number of amides is 2. The third-order valence-electron chi connectivity index (χ3n) is 3.87. The molecule has 0 aromatic carbocycles. The monoisotopic (exact) mass is 291 g/mol. The van der Waals surface area contributed by atoms with Crippen molar-refractivity contribution in [3.63, 3.8) is 0 Å². The number of imide groups is 1. The molecule has 2 amide bonds. The van der Waals surface area contributed by atoms with Gasteiger partial charge in [-0.25, -0.2) is 4.98 Å². The highest BCUT2D eigenvalue weighted by atomic mass is 32.2. The van der Waals surface area contributed by atoms with Crippen LogP contribution >= 0.6 is 11.8 Å². The minimum atomic E-state index is -0.312. The first-order chi connectivity index (χ1) is 9.65. The molecule has 2 fully saturated rings. The molecule has 1 aliphatic heterocycles. The van der Waals surface area contributed by atoms with E-state index in [1.54, 1.807) is 12.3 Å². The highest BCUT2D eigenvalue weighted by Gasteiger charge is 2.43. The third-order valence-corrected chi connectivity index (χ3v) is 5.04. The summed E-state index contributed by atoms with van der Waals surface area (Å²) in [7, 11) is 0. The highest BCUT2D eigenvalue weighted by Crippen LogP contribution is 2.35. The summed E-state index contributed by atoms with van der Waals surface area (Å²) >= 11 is 1.40. The molecular weight excluding hydrogens is 274 g/mol. The molecule has 2 heterocycles. The Labute approximate surface area is 121 Å². The van der Waals surface area contributed by atoms with Gasteiger partial charge < -0.3 is 5.73 Å². The second kappa shape index (κ2) is 5.44. The van der Waals surface area contributed by atoms with Crippen molar-refractivity contribution >= 4 is 29.4 Å². The fourth-order valence-corrected chi connectivity index (χ4v) is 3.92. The minimum absolute atomic E-state index is 0.0252. The van der Waals surface area contributed by atoms with Gasteiger partial charge in [-0.3, -0.25) is 14.5 Å². The topological polar surface area (TPSA) is 76.3 Å². The average molecular weight is 291 g/mol. The number of nitrogens with zero attached hydrogens (tertiary/aromatic N) is 2. The molecule has 1 unspecified atom stereocenters. The number of nitrogens with two attached hydrogens (primary N) is 1. The van der Waals surface area contributed by atoms with Gasteiger partial charge in [0.15, 0.2) is 0 Å². The fourth-order valence-electron chi connectivity index (χ4n) is 2.89. The molecule has 5 nitrogen and oxygen atoms in total. The number of pyridine rings is 1. The van der Waals surface area contributed by atoms with E-state index in [4.69, 9.17) is 5.73 Å². The smallest absolute Gasteiger partial charge is 0.243 e. The van der Waals surface area contributed by atoms with Crippen molar-refractivity contribution in [1.82, 2.24) is 9.88 Å². The van der Waals surface area contributed by atoms with Gasteiger partial charge in [0, 0.05) is 23.6 Å². The van der Waals surface area contributed by atoms with E-state index in [0.29, 0.717) is 12.2 Å². The molecule has 0 spiro atoms. The lowest BCUT2D eigenvalue weighted by Gasteiger charge is -2.21. The lowest BCUT2D eigenvalue weighted by atomic mass is 10.2. The number of nitrogen functional groups attached to an aromatic ring is 1. The van der Waals surface area contributed by atoms with E-state index >= 15 is 0 Å². The summed E-state index contributed by atoms with van der Waals surface area (Å²) in [5.41, 5.74) is 5.54. The van der Waals surface area contributed by atoms with Gasteiger partial charge in [-0.05, 0) is 25.0 Å². The average Bonchev–Trinajstić information content (AvgIpc) is 3.02. The van der Waals surface area contributed by atoms with Crippen LogP contribution in [-0.2, 0) is 9.59 Å². The molecule has 1 saturated carbocycles. The number of carbonyl (C=O) groups excluding carboxylic acids is 2. The Kier molecular flexibility index (Phi) is 3.65. The molecule has 106 valence electrons. The van der Waals surface area contributed by atoms with Crippen molar-refractivity contribution in [3.05, 3.63) is 18.3 Å². The van der Waals surface area contributed by atoms with E-state index in [9.17, 15) is 9.59 Å². The van der Waals surface area contributed by atoms with Gasteiger partial charge in [0.2, 0.25) is 11.8 Å². The summed E-state index contributed by atoms with van der Waals surface area (Å²) in [6, 6.07) is 3.67. The van der Waals surface area contributed by atoms with Crippen LogP contribution in [0.2, 0.25) is 0 Å². The molecule has 6 heteroatoms. The van der Waals surface area contributed by atoms with Crippen LogP contribution in [0.3, 0.4) is 0 Å². The summed E-state index contributed by atoms with van der Waals surface area (Å²) in [4.78, 5) is 30.9. The van der Waals surface area contributed by atoms with E-state index in [1.165, 1.54) is 16.7 Å². The molecule has 1 atom stereocenters. The Morgan fingerprint density at radius 3 is 2.65 bits per heavy atom. The van der Waals surface area contributed by atoms with Crippen molar-refractivity contribution in [3.8, 4) is 0 Å². The fraction of sp³-hybridized carbons (Fsp3) is 0.500. The molecule has 1 aliphatic carbocycles. The summed E-state index contributed by atoms with van der Waals surface area (Å²) in [6.45, 7) is 0. The number of likely N-dealkylation sites (tertiary alicyclic amines) is 1. The van der Waals surface area contributed by atoms with E-state index in [-0.39, 0.29) is 23.1 Å². The van der Waals surface area contributed by atoms with E-state index in [2.05, 4.69) is 4.98 Å². The van der Waals surface area contributed by atoms with Gasteiger partial charge in [0.05, 0.1) is 5.25 Å². The van der Waals surface area contributed by atoms with Crippen molar-refractivity contribution in [2.24, 2.45) is 0 Å². The first kappa shape index (κ1) is 13.4. The lowest BCUT2D eigenvalue weighted by Crippen LogP contribution is -2.39. The molecule has 2 aliphatic rings. The number of thioether (sulfide) groups is 1. The van der Waals surface area contributed by atoms with Crippen LogP contribution in [0, 0.1) is 0 Å². The Hall–Kier alpha value is -1.56. The molecule has 20 heavy (non-hydrogen) atoms. The molecular formula is C14H17N3O2S. The number of anilines is 1. The first-order valence-electron chi connectivity index (χ1n) is 6.89. The largest absolute Gasteiger partial charge is 0.384 e. The van der Waals surface area contributed by atoms with Crippen molar-refractivity contribution in [2.75, 3.05) is 5.73 Å². The summed E-state index contributed by atoms with van der Waals surface area (Å²) in [5.74, 6) is 0.391. The number of rotatable bonds is 3. The SMILES string of the molecule is Nc1ccc(SC2CC(=O)N(C3CCCC3)C2=O)cn1. The predicted octanol–water partition coefficient (Wildman–Crippen LogP) is 1.83. The number of aromatic nitrogens is 1. The second-order valence-corrected chi connectivity index (χ2v) is 6.55. The van der Waals surface area contributed by atoms with E-state index < -0.39 is 0 Å². The maximum absolute atomic E-state index is 12.4. The van der Waals surface area contributed by atoms with Gasteiger partial charge in [0.1, 0.15) is 5.82 Å². The van der Waals surface area contributed by atoms with Crippen LogP contribution in [0.4, 0.5) is 5.82 Å². The molecule has 3 rings (SSSR count). The van der Waals surface area contributed by atoms with Crippen LogP contribution in [-0.4, -0.2) is 33.0 Å². The van der Waals surface area contributed by atoms with Gasteiger partial charge in [-0.15, -0.1) is 11.8 Å².